The Morgan fingerprint density at radius 3 is 2.44 bits per heavy atom. The topological polar surface area (TPSA) is 88.2 Å². The van der Waals surface area contributed by atoms with Crippen LogP contribution in [0.1, 0.15) is 57.4 Å². The van der Waals surface area contributed by atoms with Crippen molar-refractivity contribution >= 4 is 27.2 Å². The van der Waals surface area contributed by atoms with Crippen LogP contribution < -0.4 is 10.3 Å². The number of rotatable bonds is 9. The molecule has 0 fully saturated rings. The van der Waals surface area contributed by atoms with Crippen molar-refractivity contribution in [3.8, 4) is 10.8 Å². The minimum Gasteiger partial charge on any atom is -0.496 e. The predicted octanol–water partition coefficient (Wildman–Crippen LogP) is 4.99. The second kappa shape index (κ2) is 9.99. The zero-order chi connectivity index (χ0) is 26.2. The fourth-order valence-corrected chi connectivity index (χ4v) is 5.55. The highest BCUT2D eigenvalue weighted by Gasteiger charge is 2.31. The molecule has 0 saturated carbocycles. The number of methoxy groups -OCH3 is 1. The van der Waals surface area contributed by atoms with E-state index < -0.39 is 5.54 Å². The van der Waals surface area contributed by atoms with Crippen molar-refractivity contribution < 1.29 is 14.3 Å². The number of carbonyl (C=O) groups excluding carboxylic acids is 1. The molecule has 0 amide bonds. The molecule has 1 atom stereocenters. The quantitative estimate of drug-likeness (QED) is 0.316. The van der Waals surface area contributed by atoms with E-state index in [0.717, 1.165) is 32.1 Å². The minimum absolute atomic E-state index is 0.0381. The highest BCUT2D eigenvalue weighted by molar-refractivity contribution is 7.21. The van der Waals surface area contributed by atoms with E-state index in [1.807, 2.05) is 51.2 Å². The van der Waals surface area contributed by atoms with Crippen LogP contribution in [0.15, 0.2) is 47.7 Å². The fraction of sp³-hybridized carbons (Fsp3) is 0.407. The smallest absolute Gasteiger partial charge is 0.260 e. The minimum atomic E-state index is -1.02. The number of thiophene rings is 1. The van der Waals surface area contributed by atoms with E-state index in [0.29, 0.717) is 11.8 Å². The molecule has 4 rings (SSSR count). The maximum atomic E-state index is 13.8. The second-order valence-corrected chi connectivity index (χ2v) is 10.6. The number of Topliss-reactive ketones (excluding diaryl/α,β-unsaturated/α-hetero) is 1. The number of aromatic nitrogens is 4. The lowest BCUT2D eigenvalue weighted by atomic mass is 9.96. The second-order valence-electron chi connectivity index (χ2n) is 9.62. The van der Waals surface area contributed by atoms with E-state index in [1.165, 1.54) is 23.1 Å². The van der Waals surface area contributed by atoms with Crippen molar-refractivity contribution in [2.75, 3.05) is 7.11 Å². The number of aryl methyl sites for hydroxylation is 1. The van der Waals surface area contributed by atoms with Gasteiger partial charge in [0.05, 0.1) is 37.1 Å². The van der Waals surface area contributed by atoms with Gasteiger partial charge < -0.3 is 14.0 Å². The zero-order valence-corrected chi connectivity index (χ0v) is 22.5. The number of hydrogen-bond donors (Lipinski definition) is 0. The van der Waals surface area contributed by atoms with E-state index >= 15 is 0 Å². The molecule has 0 saturated heterocycles. The number of nitrogens with zero attached hydrogens (tertiary/aromatic N) is 4. The molecular weight excluding hydrogens is 476 g/mol. The van der Waals surface area contributed by atoms with E-state index in [-0.39, 0.29) is 23.6 Å². The zero-order valence-electron chi connectivity index (χ0n) is 21.7. The van der Waals surface area contributed by atoms with Crippen LogP contribution in [0.4, 0.5) is 0 Å². The van der Waals surface area contributed by atoms with Gasteiger partial charge in [-0.2, -0.15) is 10.2 Å². The molecule has 0 aliphatic carbocycles. The summed E-state index contributed by atoms with van der Waals surface area (Å²) < 4.78 is 14.4. The lowest BCUT2D eigenvalue weighted by Crippen LogP contribution is -2.41. The number of ether oxygens (including phenoxy) is 2. The van der Waals surface area contributed by atoms with Crippen LogP contribution in [0.25, 0.3) is 15.1 Å². The number of pyridine rings is 1. The van der Waals surface area contributed by atoms with Crippen LogP contribution in [0.3, 0.4) is 0 Å². The highest BCUT2D eigenvalue weighted by Crippen LogP contribution is 2.38. The molecule has 0 radical (unpaired) electrons. The van der Waals surface area contributed by atoms with Gasteiger partial charge in [-0.05, 0) is 53.2 Å². The molecule has 0 spiro atoms. The molecule has 0 unspecified atom stereocenters. The molecule has 0 N–H and O–H groups in total. The Hall–Kier alpha value is -3.30. The molecule has 9 heteroatoms. The van der Waals surface area contributed by atoms with Crippen molar-refractivity contribution in [3.05, 3.63) is 69.9 Å². The third-order valence-corrected chi connectivity index (χ3v) is 7.86. The average Bonchev–Trinajstić information content (AvgIpc) is 3.48. The van der Waals surface area contributed by atoms with Crippen LogP contribution in [0, 0.1) is 6.92 Å². The maximum Gasteiger partial charge on any atom is 0.260 e. The highest BCUT2D eigenvalue weighted by atomic mass is 32.1. The molecule has 190 valence electrons. The lowest BCUT2D eigenvalue weighted by Gasteiger charge is -2.27. The molecule has 36 heavy (non-hydrogen) atoms. The molecule has 0 aliphatic rings. The third kappa shape index (κ3) is 4.60. The summed E-state index contributed by atoms with van der Waals surface area (Å²) in [6.07, 6.45) is 5.14. The summed E-state index contributed by atoms with van der Waals surface area (Å²) in [5.41, 5.74) is 1.39. The van der Waals surface area contributed by atoms with Gasteiger partial charge in [-0.3, -0.25) is 9.59 Å². The van der Waals surface area contributed by atoms with Gasteiger partial charge in [0.25, 0.3) is 5.56 Å². The van der Waals surface area contributed by atoms with Gasteiger partial charge in [0.1, 0.15) is 16.3 Å². The standard InChI is InChI=1S/C27H32N4O4S/c1-16(2)35-22(20-10-8-9-11-21(20)34-7)14-19-15-30(27(5,6)18(4)32)25(33)23-17(3)26(36-24(19)23)31-28-12-13-29-31/h8-13,15-16,22H,14H2,1-7H3/t22-/m0/s1. The van der Waals surface area contributed by atoms with E-state index in [1.54, 1.807) is 37.9 Å². The number of benzene rings is 1. The summed E-state index contributed by atoms with van der Waals surface area (Å²) in [5, 5.41) is 9.91. The van der Waals surface area contributed by atoms with Crippen molar-refractivity contribution in [1.82, 2.24) is 19.6 Å². The Morgan fingerprint density at radius 1 is 1.17 bits per heavy atom. The van der Waals surface area contributed by atoms with E-state index in [4.69, 9.17) is 9.47 Å². The molecule has 8 nitrogen and oxygen atoms in total. The summed E-state index contributed by atoms with van der Waals surface area (Å²) in [6, 6.07) is 7.80. The molecule has 0 bridgehead atoms. The Kier molecular flexibility index (Phi) is 7.15. The Balaban J connectivity index is 1.99. The number of carbonyl (C=O) groups is 1. The number of ketones is 1. The SMILES string of the molecule is COc1ccccc1[C@H](Cc1cn(C(C)(C)C(C)=O)c(=O)c2c(C)c(-n3nccn3)sc12)OC(C)C. The van der Waals surface area contributed by atoms with E-state index in [9.17, 15) is 9.59 Å². The summed E-state index contributed by atoms with van der Waals surface area (Å²) >= 11 is 1.47. The van der Waals surface area contributed by atoms with Gasteiger partial charge in [-0.1, -0.05) is 18.2 Å². The summed E-state index contributed by atoms with van der Waals surface area (Å²) in [4.78, 5) is 27.9. The summed E-state index contributed by atoms with van der Waals surface area (Å²) in [5.74, 6) is 0.636. The van der Waals surface area contributed by atoms with Gasteiger partial charge in [-0.15, -0.1) is 16.1 Å². The van der Waals surface area contributed by atoms with Gasteiger partial charge in [0.15, 0.2) is 5.78 Å². The third-order valence-electron chi connectivity index (χ3n) is 6.52. The number of hydrogen-bond acceptors (Lipinski definition) is 7. The molecule has 1 aromatic carbocycles. The predicted molar refractivity (Wildman–Crippen MR) is 141 cm³/mol. The Bertz CT molecular complexity index is 1450. The van der Waals surface area contributed by atoms with Crippen LogP contribution in [-0.2, 0) is 21.5 Å². The van der Waals surface area contributed by atoms with Gasteiger partial charge in [-0.25, -0.2) is 0 Å². The van der Waals surface area contributed by atoms with Crippen LogP contribution >= 0.6 is 11.3 Å². The largest absolute Gasteiger partial charge is 0.496 e. The van der Waals surface area contributed by atoms with Gasteiger partial charge >= 0.3 is 0 Å². The van der Waals surface area contributed by atoms with Gasteiger partial charge in [0, 0.05) is 28.4 Å². The fourth-order valence-electron chi connectivity index (χ4n) is 4.31. The first kappa shape index (κ1) is 25.8. The van der Waals surface area contributed by atoms with Gasteiger partial charge in [0.2, 0.25) is 0 Å². The first-order valence-electron chi connectivity index (χ1n) is 11.9. The van der Waals surface area contributed by atoms with Crippen molar-refractivity contribution in [2.24, 2.45) is 0 Å². The van der Waals surface area contributed by atoms with Crippen molar-refractivity contribution in [2.45, 2.75) is 65.7 Å². The monoisotopic (exact) mass is 508 g/mol. The van der Waals surface area contributed by atoms with Crippen LogP contribution in [0.2, 0.25) is 0 Å². The summed E-state index contributed by atoms with van der Waals surface area (Å²) in [7, 11) is 1.64. The van der Waals surface area contributed by atoms with E-state index in [2.05, 4.69) is 10.2 Å². The lowest BCUT2D eigenvalue weighted by molar-refractivity contribution is -0.124. The Labute approximate surface area is 214 Å². The Morgan fingerprint density at radius 2 is 1.83 bits per heavy atom. The molecular formula is C27H32N4O4S. The van der Waals surface area contributed by atoms with Crippen LogP contribution in [-0.4, -0.2) is 38.6 Å². The maximum absolute atomic E-state index is 13.8. The number of para-hydroxylation sites is 1. The first-order valence-corrected chi connectivity index (χ1v) is 12.7. The van der Waals surface area contributed by atoms with Crippen molar-refractivity contribution in [3.63, 3.8) is 0 Å². The molecule has 4 aromatic rings. The molecule has 0 aliphatic heterocycles. The van der Waals surface area contributed by atoms with Crippen molar-refractivity contribution in [1.29, 1.82) is 0 Å². The summed E-state index contributed by atoms with van der Waals surface area (Å²) in [6.45, 7) is 10.9. The number of fused-ring (bicyclic) bond motifs is 1. The average molecular weight is 509 g/mol. The molecule has 3 heterocycles. The van der Waals surface area contributed by atoms with Crippen LogP contribution in [0.5, 0.6) is 5.75 Å². The first-order chi connectivity index (χ1) is 17.1. The normalized spacial score (nSPS) is 12.9. The molecule has 3 aromatic heterocycles.